The zero-order chi connectivity index (χ0) is 13.7. The van der Waals surface area contributed by atoms with Crippen LogP contribution in [0.15, 0.2) is 12.4 Å². The van der Waals surface area contributed by atoms with Gasteiger partial charge in [0.25, 0.3) is 0 Å². The molecule has 0 spiro atoms. The van der Waals surface area contributed by atoms with Gasteiger partial charge in [-0.3, -0.25) is 4.57 Å². The van der Waals surface area contributed by atoms with Crippen molar-refractivity contribution in [1.29, 1.82) is 0 Å². The molecule has 0 aliphatic rings. The van der Waals surface area contributed by atoms with Crippen LogP contribution in [0.3, 0.4) is 0 Å². The third-order valence-electron chi connectivity index (χ3n) is 2.45. The highest BCUT2D eigenvalue weighted by Crippen LogP contribution is 2.12. The Hall–Kier alpha value is -2.18. The average molecular weight is 262 g/mol. The fourth-order valence-corrected chi connectivity index (χ4v) is 1.55. The van der Waals surface area contributed by atoms with Crippen molar-refractivity contribution in [3.63, 3.8) is 0 Å². The summed E-state index contributed by atoms with van der Waals surface area (Å²) in [5, 5.41) is 3.14. The van der Waals surface area contributed by atoms with Crippen molar-refractivity contribution in [1.82, 2.24) is 24.5 Å². The van der Waals surface area contributed by atoms with E-state index in [0.29, 0.717) is 24.5 Å². The number of imidazole rings is 1. The molecule has 0 amide bonds. The Morgan fingerprint density at radius 2 is 2.11 bits per heavy atom. The lowest BCUT2D eigenvalue weighted by atomic mass is 10.5. The molecule has 2 rings (SSSR count). The van der Waals surface area contributed by atoms with Gasteiger partial charge in [-0.1, -0.05) is 6.92 Å². The quantitative estimate of drug-likeness (QED) is 0.851. The van der Waals surface area contributed by atoms with Gasteiger partial charge in [-0.2, -0.15) is 15.0 Å². The van der Waals surface area contributed by atoms with Gasteiger partial charge in [-0.25, -0.2) is 4.98 Å². The molecular weight excluding hydrogens is 244 g/mol. The monoisotopic (exact) mass is 262 g/mol. The summed E-state index contributed by atoms with van der Waals surface area (Å²) in [6.45, 7) is 7.18. The Bertz CT molecular complexity index is 539. The molecule has 2 aromatic heterocycles. The van der Waals surface area contributed by atoms with Gasteiger partial charge in [-0.05, 0) is 20.3 Å². The largest absolute Gasteiger partial charge is 0.464 e. The number of nitrogens with one attached hydrogen (secondary N) is 1. The fraction of sp³-hybridized carbons (Fsp3) is 0.500. The lowest BCUT2D eigenvalue weighted by Crippen LogP contribution is -2.11. The predicted octanol–water partition coefficient (Wildman–Crippen LogP) is 1.59. The zero-order valence-corrected chi connectivity index (χ0v) is 11.4. The first-order valence-corrected chi connectivity index (χ1v) is 6.37. The number of rotatable bonds is 6. The van der Waals surface area contributed by atoms with E-state index < -0.39 is 0 Å². The van der Waals surface area contributed by atoms with Crippen molar-refractivity contribution in [2.24, 2.45) is 0 Å². The highest BCUT2D eigenvalue weighted by atomic mass is 16.5. The standard InChI is InChI=1S/C12H18N6O/c1-4-6-14-10-15-11(17-12(16-10)19-5-2)18-8-7-13-9(18)3/h7-8H,4-6H2,1-3H3,(H,14,15,16,17). The predicted molar refractivity (Wildman–Crippen MR) is 71.6 cm³/mol. The zero-order valence-electron chi connectivity index (χ0n) is 11.4. The topological polar surface area (TPSA) is 77.8 Å². The van der Waals surface area contributed by atoms with E-state index in [9.17, 15) is 0 Å². The van der Waals surface area contributed by atoms with Gasteiger partial charge in [0.05, 0.1) is 6.61 Å². The number of aryl methyl sites for hydroxylation is 1. The minimum atomic E-state index is 0.319. The summed E-state index contributed by atoms with van der Waals surface area (Å²) in [6, 6.07) is 0.319. The molecule has 19 heavy (non-hydrogen) atoms. The lowest BCUT2D eigenvalue weighted by molar-refractivity contribution is 0.311. The lowest BCUT2D eigenvalue weighted by Gasteiger charge is -2.09. The number of ether oxygens (including phenoxy) is 1. The second-order valence-corrected chi connectivity index (χ2v) is 3.95. The third kappa shape index (κ3) is 3.18. The molecule has 0 saturated carbocycles. The van der Waals surface area contributed by atoms with Crippen LogP contribution in [0.25, 0.3) is 5.95 Å². The second-order valence-electron chi connectivity index (χ2n) is 3.95. The molecule has 7 nitrogen and oxygen atoms in total. The van der Waals surface area contributed by atoms with Crippen LogP contribution < -0.4 is 10.1 Å². The summed E-state index contributed by atoms with van der Waals surface area (Å²) in [6.07, 6.45) is 4.51. The Labute approximate surface area is 112 Å². The summed E-state index contributed by atoms with van der Waals surface area (Å²) in [5.41, 5.74) is 0. The van der Waals surface area contributed by atoms with E-state index in [0.717, 1.165) is 18.8 Å². The molecule has 2 heterocycles. The minimum Gasteiger partial charge on any atom is -0.464 e. The van der Waals surface area contributed by atoms with Crippen molar-refractivity contribution in [3.8, 4) is 12.0 Å². The van der Waals surface area contributed by atoms with Crippen LogP contribution in [0.4, 0.5) is 5.95 Å². The molecule has 0 fully saturated rings. The minimum absolute atomic E-state index is 0.319. The molecule has 0 unspecified atom stereocenters. The van der Waals surface area contributed by atoms with Crippen molar-refractivity contribution in [2.45, 2.75) is 27.2 Å². The van der Waals surface area contributed by atoms with E-state index in [1.54, 1.807) is 10.8 Å². The van der Waals surface area contributed by atoms with Crippen LogP contribution in [0.2, 0.25) is 0 Å². The smallest absolute Gasteiger partial charge is 0.323 e. The summed E-state index contributed by atoms with van der Waals surface area (Å²) < 4.78 is 7.16. The average Bonchev–Trinajstić information content (AvgIpc) is 2.83. The maximum atomic E-state index is 5.37. The highest BCUT2D eigenvalue weighted by Gasteiger charge is 2.10. The van der Waals surface area contributed by atoms with Crippen LogP contribution in [-0.2, 0) is 0 Å². The van der Waals surface area contributed by atoms with Gasteiger partial charge in [0.15, 0.2) is 0 Å². The summed E-state index contributed by atoms with van der Waals surface area (Å²) in [5.74, 6) is 1.84. The summed E-state index contributed by atoms with van der Waals surface area (Å²) in [4.78, 5) is 17.0. The van der Waals surface area contributed by atoms with E-state index in [4.69, 9.17) is 4.74 Å². The molecule has 102 valence electrons. The Kier molecular flexibility index (Phi) is 4.27. The van der Waals surface area contributed by atoms with Crippen molar-refractivity contribution in [3.05, 3.63) is 18.2 Å². The second kappa shape index (κ2) is 6.12. The highest BCUT2D eigenvalue weighted by molar-refractivity contribution is 5.31. The third-order valence-corrected chi connectivity index (χ3v) is 2.45. The van der Waals surface area contributed by atoms with E-state index in [1.165, 1.54) is 0 Å². The Morgan fingerprint density at radius 3 is 2.74 bits per heavy atom. The molecule has 0 aromatic carbocycles. The van der Waals surface area contributed by atoms with Crippen molar-refractivity contribution < 1.29 is 4.74 Å². The first-order chi connectivity index (χ1) is 9.24. The van der Waals surface area contributed by atoms with Crippen LogP contribution in [-0.4, -0.2) is 37.7 Å². The van der Waals surface area contributed by atoms with Crippen molar-refractivity contribution in [2.75, 3.05) is 18.5 Å². The number of hydrogen-bond acceptors (Lipinski definition) is 6. The molecular formula is C12H18N6O. The van der Waals surface area contributed by atoms with Gasteiger partial charge in [0, 0.05) is 18.9 Å². The van der Waals surface area contributed by atoms with Gasteiger partial charge >= 0.3 is 6.01 Å². The van der Waals surface area contributed by atoms with Gasteiger partial charge in [0.2, 0.25) is 11.9 Å². The number of nitrogens with zero attached hydrogens (tertiary/aromatic N) is 5. The molecule has 0 radical (unpaired) electrons. The SMILES string of the molecule is CCCNc1nc(OCC)nc(-n2ccnc2C)n1. The van der Waals surface area contributed by atoms with E-state index in [-0.39, 0.29) is 0 Å². The van der Waals surface area contributed by atoms with Gasteiger partial charge < -0.3 is 10.1 Å². The van der Waals surface area contributed by atoms with Crippen LogP contribution in [0.5, 0.6) is 6.01 Å². The molecule has 1 N–H and O–H groups in total. The van der Waals surface area contributed by atoms with E-state index >= 15 is 0 Å². The molecule has 0 aliphatic carbocycles. The number of hydrogen-bond donors (Lipinski definition) is 1. The van der Waals surface area contributed by atoms with E-state index in [2.05, 4.69) is 32.2 Å². The molecule has 7 heteroatoms. The Morgan fingerprint density at radius 1 is 1.26 bits per heavy atom. The molecule has 0 saturated heterocycles. The number of aromatic nitrogens is 5. The number of anilines is 1. The Balaban J connectivity index is 2.36. The summed E-state index contributed by atoms with van der Waals surface area (Å²) in [7, 11) is 0. The molecule has 0 atom stereocenters. The van der Waals surface area contributed by atoms with Crippen LogP contribution in [0.1, 0.15) is 26.1 Å². The maximum absolute atomic E-state index is 5.37. The normalized spacial score (nSPS) is 10.5. The van der Waals surface area contributed by atoms with Crippen LogP contribution >= 0.6 is 0 Å². The molecule has 0 bridgehead atoms. The molecule has 2 aromatic rings. The molecule has 0 aliphatic heterocycles. The van der Waals surface area contributed by atoms with Gasteiger partial charge in [0.1, 0.15) is 5.82 Å². The van der Waals surface area contributed by atoms with Crippen molar-refractivity contribution >= 4 is 5.95 Å². The fourth-order valence-electron chi connectivity index (χ4n) is 1.55. The maximum Gasteiger partial charge on any atom is 0.323 e. The van der Waals surface area contributed by atoms with Gasteiger partial charge in [-0.15, -0.1) is 0 Å². The van der Waals surface area contributed by atoms with E-state index in [1.807, 2.05) is 20.0 Å². The first-order valence-electron chi connectivity index (χ1n) is 6.37. The first kappa shape index (κ1) is 13.3. The van der Waals surface area contributed by atoms with Crippen LogP contribution in [0, 0.1) is 6.92 Å². The summed E-state index contributed by atoms with van der Waals surface area (Å²) >= 11 is 0.